The third kappa shape index (κ3) is 1.83. The summed E-state index contributed by atoms with van der Waals surface area (Å²) in [6, 6.07) is 6.53. The minimum absolute atomic E-state index is 0.0102. The monoisotopic (exact) mass is 246 g/mol. The lowest BCUT2D eigenvalue weighted by atomic mass is 9.79. The summed E-state index contributed by atoms with van der Waals surface area (Å²) < 4.78 is 5.94. The van der Waals surface area contributed by atoms with Gasteiger partial charge in [0, 0.05) is 11.5 Å². The smallest absolute Gasteiger partial charge is 0.131 e. The Morgan fingerprint density at radius 1 is 1.22 bits per heavy atom. The molecule has 98 valence electrons. The zero-order valence-electron chi connectivity index (χ0n) is 11.4. The average Bonchev–Trinajstić information content (AvgIpc) is 2.67. The third-order valence-electron chi connectivity index (χ3n) is 4.33. The van der Waals surface area contributed by atoms with Crippen LogP contribution < -0.4 is 4.74 Å². The highest BCUT2D eigenvalue weighted by Gasteiger charge is 2.41. The van der Waals surface area contributed by atoms with E-state index >= 15 is 0 Å². The van der Waals surface area contributed by atoms with Crippen LogP contribution in [0.5, 0.6) is 5.75 Å². The Kier molecular flexibility index (Phi) is 2.67. The van der Waals surface area contributed by atoms with E-state index in [1.54, 1.807) is 0 Å². The van der Waals surface area contributed by atoms with E-state index in [9.17, 15) is 5.11 Å². The van der Waals surface area contributed by atoms with Crippen LogP contribution in [0.3, 0.4) is 0 Å². The van der Waals surface area contributed by atoms with Gasteiger partial charge in [0.1, 0.15) is 11.9 Å². The van der Waals surface area contributed by atoms with E-state index in [2.05, 4.69) is 39.0 Å². The number of rotatable bonds is 0. The molecule has 3 rings (SSSR count). The van der Waals surface area contributed by atoms with Crippen LogP contribution in [0, 0.1) is 0 Å². The normalized spacial score (nSPS) is 30.6. The zero-order chi connectivity index (χ0) is 12.9. The van der Waals surface area contributed by atoms with Gasteiger partial charge >= 0.3 is 0 Å². The van der Waals surface area contributed by atoms with Gasteiger partial charge in [-0.2, -0.15) is 0 Å². The lowest BCUT2D eigenvalue weighted by molar-refractivity contribution is 0.00933. The summed E-state index contributed by atoms with van der Waals surface area (Å²) >= 11 is 0. The fourth-order valence-electron chi connectivity index (χ4n) is 3.20. The van der Waals surface area contributed by atoms with Crippen molar-refractivity contribution in [2.45, 2.75) is 63.6 Å². The number of hydrogen-bond donors (Lipinski definition) is 1. The van der Waals surface area contributed by atoms with E-state index in [1.807, 2.05) is 0 Å². The number of aliphatic hydroxyl groups excluding tert-OH is 1. The Morgan fingerprint density at radius 2 is 2.00 bits per heavy atom. The molecule has 2 heteroatoms. The maximum atomic E-state index is 10.1. The minimum atomic E-state index is -0.297. The molecule has 18 heavy (non-hydrogen) atoms. The fourth-order valence-corrected chi connectivity index (χ4v) is 3.20. The van der Waals surface area contributed by atoms with E-state index in [1.165, 1.54) is 11.1 Å². The third-order valence-corrected chi connectivity index (χ3v) is 4.33. The van der Waals surface area contributed by atoms with Gasteiger partial charge in [-0.1, -0.05) is 32.9 Å². The van der Waals surface area contributed by atoms with Crippen molar-refractivity contribution in [2.75, 3.05) is 0 Å². The van der Waals surface area contributed by atoms with Crippen LogP contribution in [0.4, 0.5) is 0 Å². The van der Waals surface area contributed by atoms with E-state index in [0.717, 1.165) is 25.0 Å². The molecule has 1 aliphatic carbocycles. The van der Waals surface area contributed by atoms with Crippen molar-refractivity contribution in [1.82, 2.24) is 0 Å². The zero-order valence-corrected chi connectivity index (χ0v) is 11.4. The Labute approximate surface area is 109 Å². The van der Waals surface area contributed by atoms with E-state index in [4.69, 9.17) is 4.74 Å². The summed E-state index contributed by atoms with van der Waals surface area (Å²) in [4.78, 5) is 0. The lowest BCUT2D eigenvalue weighted by Crippen LogP contribution is -2.36. The number of benzene rings is 1. The van der Waals surface area contributed by atoms with Crippen LogP contribution in [-0.2, 0) is 5.41 Å². The van der Waals surface area contributed by atoms with Crippen LogP contribution in [0.1, 0.15) is 57.1 Å². The van der Waals surface area contributed by atoms with Gasteiger partial charge in [0.2, 0.25) is 0 Å². The quantitative estimate of drug-likeness (QED) is 0.760. The number of hydrogen-bond acceptors (Lipinski definition) is 2. The molecule has 0 radical (unpaired) electrons. The largest absolute Gasteiger partial charge is 0.487 e. The molecule has 0 amide bonds. The first-order valence-corrected chi connectivity index (χ1v) is 6.96. The topological polar surface area (TPSA) is 29.5 Å². The Morgan fingerprint density at radius 3 is 2.72 bits per heavy atom. The molecule has 0 saturated heterocycles. The maximum Gasteiger partial charge on any atom is 0.131 e. The SMILES string of the molecule is CC(C)(C)c1ccc2c(c1)C1CCCC(O)C1O2. The van der Waals surface area contributed by atoms with E-state index < -0.39 is 0 Å². The summed E-state index contributed by atoms with van der Waals surface area (Å²) in [6.07, 6.45) is 2.81. The standard InChI is InChI=1S/C16H22O2/c1-16(2,3)10-7-8-14-12(9-10)11-5-4-6-13(17)15(11)18-14/h7-9,11,13,15,17H,4-6H2,1-3H3. The van der Waals surface area contributed by atoms with Gasteiger partial charge in [-0.3, -0.25) is 0 Å². The minimum Gasteiger partial charge on any atom is -0.487 e. The van der Waals surface area contributed by atoms with Gasteiger partial charge < -0.3 is 9.84 Å². The van der Waals surface area contributed by atoms with Gasteiger partial charge in [-0.05, 0) is 36.3 Å². The first-order chi connectivity index (χ1) is 8.47. The second-order valence-corrected chi connectivity index (χ2v) is 6.69. The molecule has 1 fully saturated rings. The lowest BCUT2D eigenvalue weighted by Gasteiger charge is -2.29. The molecular weight excluding hydrogens is 224 g/mol. The average molecular weight is 246 g/mol. The van der Waals surface area contributed by atoms with E-state index in [-0.39, 0.29) is 17.6 Å². The van der Waals surface area contributed by atoms with Crippen LogP contribution in [0.25, 0.3) is 0 Å². The Hall–Kier alpha value is -1.02. The van der Waals surface area contributed by atoms with Crippen molar-refractivity contribution in [3.63, 3.8) is 0 Å². The number of ether oxygens (including phenoxy) is 1. The van der Waals surface area contributed by atoms with Gasteiger partial charge in [0.05, 0.1) is 6.10 Å². The summed E-state index contributed by atoms with van der Waals surface area (Å²) in [5, 5.41) is 10.1. The molecule has 2 nitrogen and oxygen atoms in total. The Bertz CT molecular complexity index is 459. The molecule has 3 atom stereocenters. The second-order valence-electron chi connectivity index (χ2n) is 6.69. The van der Waals surface area contributed by atoms with Crippen LogP contribution in [0.15, 0.2) is 18.2 Å². The van der Waals surface area contributed by atoms with Crippen molar-refractivity contribution in [2.24, 2.45) is 0 Å². The highest BCUT2D eigenvalue weighted by atomic mass is 16.5. The predicted octanol–water partition coefficient (Wildman–Crippen LogP) is 3.37. The summed E-state index contributed by atoms with van der Waals surface area (Å²) in [5.41, 5.74) is 2.83. The van der Waals surface area contributed by atoms with Crippen molar-refractivity contribution in [3.05, 3.63) is 29.3 Å². The van der Waals surface area contributed by atoms with Gasteiger partial charge in [0.25, 0.3) is 0 Å². The molecule has 1 heterocycles. The molecule has 2 aliphatic rings. The van der Waals surface area contributed by atoms with Crippen LogP contribution in [0.2, 0.25) is 0 Å². The summed E-state index contributed by atoms with van der Waals surface area (Å²) in [5.74, 6) is 1.38. The van der Waals surface area contributed by atoms with E-state index in [0.29, 0.717) is 5.92 Å². The summed E-state index contributed by atoms with van der Waals surface area (Å²) in [7, 11) is 0. The molecule has 0 bridgehead atoms. The molecule has 1 N–H and O–H groups in total. The Balaban J connectivity index is 1.99. The molecule has 0 aromatic heterocycles. The molecule has 1 aliphatic heterocycles. The predicted molar refractivity (Wildman–Crippen MR) is 72.2 cm³/mol. The first-order valence-electron chi connectivity index (χ1n) is 6.96. The molecule has 3 unspecified atom stereocenters. The molecule has 1 aromatic rings. The van der Waals surface area contributed by atoms with Crippen molar-refractivity contribution < 1.29 is 9.84 Å². The van der Waals surface area contributed by atoms with Crippen molar-refractivity contribution in [1.29, 1.82) is 0 Å². The molecule has 1 aromatic carbocycles. The first kappa shape index (κ1) is 12.0. The fraction of sp³-hybridized carbons (Fsp3) is 0.625. The summed E-state index contributed by atoms with van der Waals surface area (Å²) in [6.45, 7) is 6.70. The maximum absolute atomic E-state index is 10.1. The van der Waals surface area contributed by atoms with Gasteiger partial charge in [0.15, 0.2) is 0 Å². The van der Waals surface area contributed by atoms with Gasteiger partial charge in [-0.25, -0.2) is 0 Å². The molecule has 0 spiro atoms. The highest BCUT2D eigenvalue weighted by Crippen LogP contribution is 2.46. The number of aliphatic hydroxyl groups is 1. The van der Waals surface area contributed by atoms with Crippen molar-refractivity contribution >= 4 is 0 Å². The molecular formula is C16H22O2. The van der Waals surface area contributed by atoms with Crippen molar-refractivity contribution in [3.8, 4) is 5.75 Å². The van der Waals surface area contributed by atoms with Gasteiger partial charge in [-0.15, -0.1) is 0 Å². The highest BCUT2D eigenvalue weighted by molar-refractivity contribution is 5.46. The second kappa shape index (κ2) is 3.99. The number of fused-ring (bicyclic) bond motifs is 3. The van der Waals surface area contributed by atoms with Crippen LogP contribution in [-0.4, -0.2) is 17.3 Å². The van der Waals surface area contributed by atoms with Crippen LogP contribution >= 0.6 is 0 Å². The molecule has 1 saturated carbocycles.